The number of hydrogen-bond acceptors (Lipinski definition) is 4. The van der Waals surface area contributed by atoms with Gasteiger partial charge in [0.2, 0.25) is 17.0 Å². The molecule has 76 valence electrons. The minimum absolute atomic E-state index is 0.102. The second-order valence-electron chi connectivity index (χ2n) is 3.35. The van der Waals surface area contributed by atoms with Gasteiger partial charge in [-0.1, -0.05) is 11.8 Å². The first-order valence-corrected chi connectivity index (χ1v) is 5.63. The van der Waals surface area contributed by atoms with Gasteiger partial charge in [0.1, 0.15) is 0 Å². The van der Waals surface area contributed by atoms with Crippen molar-refractivity contribution >= 4 is 23.6 Å². The normalized spacial score (nSPS) is 21.2. The molecule has 0 aromatic carbocycles. The topological polar surface area (TPSA) is 51.0 Å². The van der Waals surface area contributed by atoms with Gasteiger partial charge in [-0.25, -0.2) is 4.68 Å². The Balaban J connectivity index is 2.47. The molecule has 2 rings (SSSR count). The lowest BCUT2D eigenvalue weighted by atomic mass is 10.2. The van der Waals surface area contributed by atoms with E-state index in [1.165, 1.54) is 11.8 Å². The Morgan fingerprint density at radius 2 is 2.29 bits per heavy atom. The SMILES string of the molecule is CSc1nc2n(n1)C(C)CC(=O)N2C. The van der Waals surface area contributed by atoms with E-state index in [1.807, 2.05) is 17.9 Å². The number of nitrogens with zero attached hydrogens (tertiary/aromatic N) is 4. The van der Waals surface area contributed by atoms with Gasteiger partial charge < -0.3 is 0 Å². The molecule has 14 heavy (non-hydrogen) atoms. The van der Waals surface area contributed by atoms with Gasteiger partial charge in [0.05, 0.1) is 6.04 Å². The fourth-order valence-electron chi connectivity index (χ4n) is 1.49. The number of thioether (sulfide) groups is 1. The third kappa shape index (κ3) is 1.30. The first-order chi connectivity index (χ1) is 6.63. The van der Waals surface area contributed by atoms with E-state index in [2.05, 4.69) is 10.1 Å². The molecule has 0 saturated carbocycles. The van der Waals surface area contributed by atoms with Crippen LogP contribution in [0.5, 0.6) is 0 Å². The van der Waals surface area contributed by atoms with E-state index in [9.17, 15) is 4.79 Å². The minimum atomic E-state index is 0.102. The predicted octanol–water partition coefficient (Wildman–Crippen LogP) is 0.928. The molecular weight excluding hydrogens is 200 g/mol. The van der Waals surface area contributed by atoms with Crippen LogP contribution in [-0.4, -0.2) is 34.0 Å². The Kier molecular flexibility index (Phi) is 2.22. The number of hydrogen-bond donors (Lipinski definition) is 0. The average Bonchev–Trinajstić information content (AvgIpc) is 2.58. The van der Waals surface area contributed by atoms with E-state index in [0.29, 0.717) is 17.5 Å². The average molecular weight is 212 g/mol. The zero-order chi connectivity index (χ0) is 10.3. The van der Waals surface area contributed by atoms with Crippen molar-refractivity contribution in [1.29, 1.82) is 0 Å². The monoisotopic (exact) mass is 212 g/mol. The van der Waals surface area contributed by atoms with E-state index >= 15 is 0 Å². The fourth-order valence-corrected chi connectivity index (χ4v) is 1.84. The summed E-state index contributed by atoms with van der Waals surface area (Å²) >= 11 is 1.49. The van der Waals surface area contributed by atoms with Crippen molar-refractivity contribution in [3.05, 3.63) is 0 Å². The summed E-state index contributed by atoms with van der Waals surface area (Å²) in [6.07, 6.45) is 2.43. The molecule has 1 aromatic rings. The second kappa shape index (κ2) is 3.27. The standard InChI is InChI=1S/C8H12N4OS/c1-5-4-6(13)11(2)8-9-7(14-3)10-12(5)8/h5H,4H2,1-3H3. The zero-order valence-corrected chi connectivity index (χ0v) is 9.21. The molecule has 0 bridgehead atoms. The van der Waals surface area contributed by atoms with Crippen LogP contribution in [0.3, 0.4) is 0 Å². The van der Waals surface area contributed by atoms with Crippen molar-refractivity contribution in [2.45, 2.75) is 24.5 Å². The van der Waals surface area contributed by atoms with Crippen LogP contribution in [0.25, 0.3) is 0 Å². The quantitative estimate of drug-likeness (QED) is 0.650. The van der Waals surface area contributed by atoms with Crippen LogP contribution < -0.4 is 4.90 Å². The van der Waals surface area contributed by atoms with Crippen molar-refractivity contribution < 1.29 is 4.79 Å². The molecule has 0 radical (unpaired) electrons. The largest absolute Gasteiger partial charge is 0.284 e. The molecule has 1 atom stereocenters. The van der Waals surface area contributed by atoms with Gasteiger partial charge in [-0.05, 0) is 13.2 Å². The fraction of sp³-hybridized carbons (Fsp3) is 0.625. The highest BCUT2D eigenvalue weighted by Gasteiger charge is 2.29. The van der Waals surface area contributed by atoms with Crippen LogP contribution >= 0.6 is 11.8 Å². The van der Waals surface area contributed by atoms with Gasteiger partial charge in [0, 0.05) is 13.5 Å². The number of anilines is 1. The van der Waals surface area contributed by atoms with E-state index in [0.717, 1.165) is 0 Å². The molecule has 5 nitrogen and oxygen atoms in total. The zero-order valence-electron chi connectivity index (χ0n) is 8.39. The Morgan fingerprint density at radius 1 is 1.57 bits per heavy atom. The molecule has 1 unspecified atom stereocenters. The second-order valence-corrected chi connectivity index (χ2v) is 4.12. The molecule has 6 heteroatoms. The lowest BCUT2D eigenvalue weighted by molar-refractivity contribution is -0.119. The lowest BCUT2D eigenvalue weighted by Gasteiger charge is -2.26. The van der Waals surface area contributed by atoms with Gasteiger partial charge in [-0.3, -0.25) is 9.69 Å². The number of carbonyl (C=O) groups excluding carboxylic acids is 1. The van der Waals surface area contributed by atoms with Crippen LogP contribution in [0, 0.1) is 0 Å². The molecule has 0 N–H and O–H groups in total. The first kappa shape index (κ1) is 9.51. The Hall–Kier alpha value is -1.04. The summed E-state index contributed by atoms with van der Waals surface area (Å²) in [5, 5.41) is 5.03. The number of rotatable bonds is 1. The van der Waals surface area contributed by atoms with Crippen LogP contribution in [0.15, 0.2) is 5.16 Å². The van der Waals surface area contributed by atoms with Gasteiger partial charge in [-0.2, -0.15) is 4.98 Å². The third-order valence-corrected chi connectivity index (χ3v) is 2.88. The molecule has 1 aromatic heterocycles. The highest BCUT2D eigenvalue weighted by molar-refractivity contribution is 7.98. The van der Waals surface area contributed by atoms with Gasteiger partial charge in [0.15, 0.2) is 0 Å². The summed E-state index contributed by atoms with van der Waals surface area (Å²) in [4.78, 5) is 17.3. The van der Waals surface area contributed by atoms with Crippen molar-refractivity contribution in [3.8, 4) is 0 Å². The molecule has 0 aliphatic carbocycles. The van der Waals surface area contributed by atoms with Crippen molar-refractivity contribution in [2.75, 3.05) is 18.2 Å². The maximum absolute atomic E-state index is 11.5. The molecule has 0 spiro atoms. The first-order valence-electron chi connectivity index (χ1n) is 4.40. The van der Waals surface area contributed by atoms with Crippen molar-refractivity contribution in [2.24, 2.45) is 0 Å². The molecule has 0 saturated heterocycles. The summed E-state index contributed by atoms with van der Waals surface area (Å²) in [6.45, 7) is 1.98. The van der Waals surface area contributed by atoms with Crippen LogP contribution in [-0.2, 0) is 4.79 Å². The molecule has 1 aliphatic rings. The summed E-state index contributed by atoms with van der Waals surface area (Å²) in [5.41, 5.74) is 0. The van der Waals surface area contributed by atoms with Gasteiger partial charge in [-0.15, -0.1) is 5.10 Å². The van der Waals surface area contributed by atoms with Crippen LogP contribution in [0.4, 0.5) is 5.95 Å². The number of fused-ring (bicyclic) bond motifs is 1. The summed E-state index contributed by atoms with van der Waals surface area (Å²) in [7, 11) is 1.73. The molecule has 1 amide bonds. The Labute approximate surface area is 86.5 Å². The molecule has 0 fully saturated rings. The highest BCUT2D eigenvalue weighted by atomic mass is 32.2. The maximum atomic E-state index is 11.5. The number of aromatic nitrogens is 3. The number of amides is 1. The van der Waals surface area contributed by atoms with Gasteiger partial charge >= 0.3 is 0 Å². The Bertz CT molecular complexity index is 375. The van der Waals surface area contributed by atoms with E-state index in [-0.39, 0.29) is 11.9 Å². The molecular formula is C8H12N4OS. The lowest BCUT2D eigenvalue weighted by Crippen LogP contribution is -2.36. The number of carbonyl (C=O) groups is 1. The summed E-state index contributed by atoms with van der Waals surface area (Å²) < 4.78 is 1.81. The van der Waals surface area contributed by atoms with Crippen molar-refractivity contribution in [1.82, 2.24) is 14.8 Å². The van der Waals surface area contributed by atoms with Gasteiger partial charge in [0.25, 0.3) is 0 Å². The summed E-state index contributed by atoms with van der Waals surface area (Å²) in [6, 6.07) is 0.113. The molecule has 2 heterocycles. The maximum Gasteiger partial charge on any atom is 0.231 e. The summed E-state index contributed by atoms with van der Waals surface area (Å²) in [5.74, 6) is 0.753. The van der Waals surface area contributed by atoms with E-state index < -0.39 is 0 Å². The van der Waals surface area contributed by atoms with Crippen molar-refractivity contribution in [3.63, 3.8) is 0 Å². The molecule has 1 aliphatic heterocycles. The highest BCUT2D eigenvalue weighted by Crippen LogP contribution is 2.27. The predicted molar refractivity (Wildman–Crippen MR) is 54.5 cm³/mol. The third-order valence-electron chi connectivity index (χ3n) is 2.34. The van der Waals surface area contributed by atoms with E-state index in [4.69, 9.17) is 0 Å². The van der Waals surface area contributed by atoms with E-state index in [1.54, 1.807) is 11.9 Å². The van der Waals surface area contributed by atoms with Crippen LogP contribution in [0.2, 0.25) is 0 Å². The Morgan fingerprint density at radius 3 is 2.93 bits per heavy atom. The smallest absolute Gasteiger partial charge is 0.231 e. The minimum Gasteiger partial charge on any atom is -0.284 e. The van der Waals surface area contributed by atoms with Crippen LogP contribution in [0.1, 0.15) is 19.4 Å².